The minimum Gasteiger partial charge on any atom is -0.319 e. The summed E-state index contributed by atoms with van der Waals surface area (Å²) in [6, 6.07) is 5.27. The van der Waals surface area contributed by atoms with E-state index in [1.807, 2.05) is 13.1 Å². The van der Waals surface area contributed by atoms with Crippen molar-refractivity contribution in [3.63, 3.8) is 0 Å². The first-order valence-corrected chi connectivity index (χ1v) is 7.30. The van der Waals surface area contributed by atoms with E-state index in [4.69, 9.17) is 0 Å². The van der Waals surface area contributed by atoms with Crippen LogP contribution in [-0.4, -0.2) is 31.6 Å². The minimum absolute atomic E-state index is 0.169. The molecule has 0 atom stereocenters. The van der Waals surface area contributed by atoms with Gasteiger partial charge in [-0.15, -0.1) is 0 Å². The van der Waals surface area contributed by atoms with E-state index in [1.165, 1.54) is 18.9 Å². The SMILES string of the molecule is CNCC1CCN(Cc2cccc(F)c2Br)CC1. The first-order valence-electron chi connectivity index (χ1n) is 6.50. The summed E-state index contributed by atoms with van der Waals surface area (Å²) in [6.45, 7) is 4.16. The Bertz CT molecular complexity index is 389. The average Bonchev–Trinajstić information content (AvgIpc) is 2.38. The number of hydrogen-bond acceptors (Lipinski definition) is 2. The molecule has 0 saturated carbocycles. The highest BCUT2D eigenvalue weighted by Crippen LogP contribution is 2.24. The van der Waals surface area contributed by atoms with Crippen LogP contribution in [0.15, 0.2) is 22.7 Å². The molecule has 0 bridgehead atoms. The van der Waals surface area contributed by atoms with Crippen LogP contribution in [0, 0.1) is 11.7 Å². The van der Waals surface area contributed by atoms with Gasteiger partial charge < -0.3 is 5.32 Å². The second kappa shape index (κ2) is 6.64. The van der Waals surface area contributed by atoms with Crippen molar-refractivity contribution in [2.45, 2.75) is 19.4 Å². The summed E-state index contributed by atoms with van der Waals surface area (Å²) in [5.41, 5.74) is 1.04. The summed E-state index contributed by atoms with van der Waals surface area (Å²) in [5, 5.41) is 3.24. The predicted molar refractivity (Wildman–Crippen MR) is 76.0 cm³/mol. The Hall–Kier alpha value is -0.450. The average molecular weight is 315 g/mol. The van der Waals surface area contributed by atoms with Crippen LogP contribution in [0.5, 0.6) is 0 Å². The van der Waals surface area contributed by atoms with Crippen molar-refractivity contribution in [3.8, 4) is 0 Å². The second-order valence-corrected chi connectivity index (χ2v) is 5.78. The predicted octanol–water partition coefficient (Wildman–Crippen LogP) is 3.02. The zero-order valence-corrected chi connectivity index (χ0v) is 12.3. The first kappa shape index (κ1) is 14.0. The zero-order valence-electron chi connectivity index (χ0n) is 10.8. The molecule has 1 aromatic carbocycles. The molecule has 1 fully saturated rings. The molecule has 2 rings (SSSR count). The number of rotatable bonds is 4. The zero-order chi connectivity index (χ0) is 13.0. The van der Waals surface area contributed by atoms with Crippen molar-refractivity contribution in [2.75, 3.05) is 26.7 Å². The van der Waals surface area contributed by atoms with Gasteiger partial charge in [-0.2, -0.15) is 0 Å². The number of halogens is 2. The molecule has 0 aliphatic carbocycles. The monoisotopic (exact) mass is 314 g/mol. The van der Waals surface area contributed by atoms with Gasteiger partial charge >= 0.3 is 0 Å². The molecule has 0 amide bonds. The largest absolute Gasteiger partial charge is 0.319 e. The third kappa shape index (κ3) is 3.53. The molecule has 0 aromatic heterocycles. The van der Waals surface area contributed by atoms with Crippen LogP contribution in [0.2, 0.25) is 0 Å². The van der Waals surface area contributed by atoms with E-state index in [-0.39, 0.29) is 5.82 Å². The number of nitrogens with zero attached hydrogens (tertiary/aromatic N) is 1. The summed E-state index contributed by atoms with van der Waals surface area (Å²) in [4.78, 5) is 2.41. The molecule has 1 saturated heterocycles. The number of hydrogen-bond donors (Lipinski definition) is 1. The Kier molecular flexibility index (Phi) is 5.15. The molecule has 1 aromatic rings. The van der Waals surface area contributed by atoms with Crippen LogP contribution in [0.1, 0.15) is 18.4 Å². The number of benzene rings is 1. The lowest BCUT2D eigenvalue weighted by Gasteiger charge is -2.32. The van der Waals surface area contributed by atoms with E-state index in [2.05, 4.69) is 26.1 Å². The molecular weight excluding hydrogens is 295 g/mol. The summed E-state index contributed by atoms with van der Waals surface area (Å²) in [6.07, 6.45) is 2.46. The van der Waals surface area contributed by atoms with E-state index in [9.17, 15) is 4.39 Å². The summed E-state index contributed by atoms with van der Waals surface area (Å²) >= 11 is 3.33. The van der Waals surface area contributed by atoms with Gasteiger partial charge in [-0.3, -0.25) is 4.90 Å². The Morgan fingerprint density at radius 1 is 1.39 bits per heavy atom. The van der Waals surface area contributed by atoms with Gasteiger partial charge in [-0.05, 0) is 73.0 Å². The van der Waals surface area contributed by atoms with Gasteiger partial charge in [-0.1, -0.05) is 12.1 Å². The summed E-state index contributed by atoms with van der Waals surface area (Å²) in [5.74, 6) is 0.625. The molecule has 0 spiro atoms. The van der Waals surface area contributed by atoms with Crippen LogP contribution in [0.25, 0.3) is 0 Å². The summed E-state index contributed by atoms with van der Waals surface area (Å²) < 4.78 is 14.0. The van der Waals surface area contributed by atoms with Gasteiger partial charge in [0.25, 0.3) is 0 Å². The van der Waals surface area contributed by atoms with E-state index < -0.39 is 0 Å². The lowest BCUT2D eigenvalue weighted by atomic mass is 9.96. The molecule has 2 nitrogen and oxygen atoms in total. The Balaban J connectivity index is 1.90. The summed E-state index contributed by atoms with van der Waals surface area (Å²) in [7, 11) is 2.01. The quantitative estimate of drug-likeness (QED) is 0.919. The Morgan fingerprint density at radius 3 is 2.78 bits per heavy atom. The fraction of sp³-hybridized carbons (Fsp3) is 0.571. The number of piperidine rings is 1. The van der Waals surface area contributed by atoms with Crippen molar-refractivity contribution >= 4 is 15.9 Å². The highest BCUT2D eigenvalue weighted by molar-refractivity contribution is 9.10. The maximum absolute atomic E-state index is 13.4. The molecule has 18 heavy (non-hydrogen) atoms. The molecule has 4 heteroatoms. The third-order valence-corrected chi connectivity index (χ3v) is 4.51. The molecule has 0 radical (unpaired) electrons. The van der Waals surface area contributed by atoms with Crippen molar-refractivity contribution in [1.82, 2.24) is 10.2 Å². The standard InChI is InChI=1S/C14H20BrFN2/c1-17-9-11-5-7-18(8-6-11)10-12-3-2-4-13(16)14(12)15/h2-4,11,17H,5-10H2,1H3. The van der Waals surface area contributed by atoms with Gasteiger partial charge in [-0.25, -0.2) is 4.39 Å². The smallest absolute Gasteiger partial charge is 0.137 e. The molecule has 0 unspecified atom stereocenters. The van der Waals surface area contributed by atoms with Gasteiger partial charge in [0.1, 0.15) is 5.82 Å². The fourth-order valence-electron chi connectivity index (χ4n) is 2.55. The highest BCUT2D eigenvalue weighted by Gasteiger charge is 2.19. The van der Waals surface area contributed by atoms with Crippen LogP contribution < -0.4 is 5.32 Å². The molecule has 1 heterocycles. The van der Waals surface area contributed by atoms with E-state index in [1.54, 1.807) is 6.07 Å². The number of likely N-dealkylation sites (tertiary alicyclic amines) is 1. The third-order valence-electron chi connectivity index (χ3n) is 3.63. The van der Waals surface area contributed by atoms with Gasteiger partial charge in [0.2, 0.25) is 0 Å². The van der Waals surface area contributed by atoms with Crippen LogP contribution in [0.4, 0.5) is 4.39 Å². The van der Waals surface area contributed by atoms with Gasteiger partial charge in [0, 0.05) is 6.54 Å². The molecule has 1 aliphatic rings. The van der Waals surface area contributed by atoms with E-state index in [0.29, 0.717) is 4.47 Å². The van der Waals surface area contributed by atoms with E-state index in [0.717, 1.165) is 37.7 Å². The first-order chi connectivity index (χ1) is 8.70. The minimum atomic E-state index is -0.169. The van der Waals surface area contributed by atoms with Crippen LogP contribution in [0.3, 0.4) is 0 Å². The molecular formula is C14H20BrFN2. The van der Waals surface area contributed by atoms with Gasteiger partial charge in [0.05, 0.1) is 4.47 Å². The maximum Gasteiger partial charge on any atom is 0.137 e. The Morgan fingerprint density at radius 2 is 2.11 bits per heavy atom. The van der Waals surface area contributed by atoms with Crippen molar-refractivity contribution in [3.05, 3.63) is 34.1 Å². The van der Waals surface area contributed by atoms with Crippen molar-refractivity contribution in [2.24, 2.45) is 5.92 Å². The lowest BCUT2D eigenvalue weighted by Crippen LogP contribution is -2.36. The lowest BCUT2D eigenvalue weighted by molar-refractivity contribution is 0.176. The highest BCUT2D eigenvalue weighted by atomic mass is 79.9. The fourth-order valence-corrected chi connectivity index (χ4v) is 2.94. The van der Waals surface area contributed by atoms with Crippen molar-refractivity contribution < 1.29 is 4.39 Å². The molecule has 100 valence electrons. The normalized spacial score (nSPS) is 18.2. The van der Waals surface area contributed by atoms with E-state index >= 15 is 0 Å². The number of nitrogens with one attached hydrogen (secondary N) is 1. The second-order valence-electron chi connectivity index (χ2n) is 4.99. The van der Waals surface area contributed by atoms with Gasteiger partial charge in [0.15, 0.2) is 0 Å². The molecule has 1 N–H and O–H groups in total. The topological polar surface area (TPSA) is 15.3 Å². The van der Waals surface area contributed by atoms with Crippen molar-refractivity contribution in [1.29, 1.82) is 0 Å². The van der Waals surface area contributed by atoms with Crippen LogP contribution >= 0.6 is 15.9 Å². The van der Waals surface area contributed by atoms with Crippen LogP contribution in [-0.2, 0) is 6.54 Å². The maximum atomic E-state index is 13.4. The Labute approximate surface area is 117 Å². The molecule has 1 aliphatic heterocycles.